The van der Waals surface area contributed by atoms with Crippen LogP contribution < -0.4 is 20.9 Å². The van der Waals surface area contributed by atoms with Gasteiger partial charge in [0.1, 0.15) is 0 Å². The molecule has 4 aromatic rings. The summed E-state index contributed by atoms with van der Waals surface area (Å²) >= 11 is 0. The molecule has 0 spiro atoms. The van der Waals surface area contributed by atoms with E-state index in [1.807, 2.05) is 0 Å². The number of hydrogen-bond donors (Lipinski definition) is 0. The van der Waals surface area contributed by atoms with Crippen LogP contribution in [0.1, 0.15) is 88.3 Å². The first-order valence-electron chi connectivity index (χ1n) is 17.7. The van der Waals surface area contributed by atoms with Crippen molar-refractivity contribution in [1.82, 2.24) is 0 Å². The highest BCUT2D eigenvalue weighted by molar-refractivity contribution is 6.02. The minimum Gasteiger partial charge on any atom is -0.0841 e. The van der Waals surface area contributed by atoms with Crippen LogP contribution in [0.3, 0.4) is 0 Å². The van der Waals surface area contributed by atoms with Crippen LogP contribution in [-0.2, 0) is 0 Å². The van der Waals surface area contributed by atoms with Gasteiger partial charge in [-0.25, -0.2) is 0 Å². The fourth-order valence-corrected chi connectivity index (χ4v) is 9.44. The van der Waals surface area contributed by atoms with Crippen LogP contribution in [0.25, 0.3) is 56.3 Å². The summed E-state index contributed by atoms with van der Waals surface area (Å²) < 4.78 is 0. The number of rotatable bonds is 4. The molecule has 0 nitrogen and oxygen atoms in total. The maximum atomic E-state index is 2.55. The lowest BCUT2D eigenvalue weighted by Gasteiger charge is -2.27. The van der Waals surface area contributed by atoms with E-state index in [2.05, 4.69) is 117 Å². The topological polar surface area (TPSA) is 0 Å². The van der Waals surface area contributed by atoms with Crippen molar-refractivity contribution in [1.29, 1.82) is 0 Å². The molecule has 0 aliphatic heterocycles. The van der Waals surface area contributed by atoms with Gasteiger partial charge in [-0.2, -0.15) is 0 Å². The summed E-state index contributed by atoms with van der Waals surface area (Å²) in [7, 11) is 0. The van der Waals surface area contributed by atoms with Gasteiger partial charge in [-0.15, -0.1) is 0 Å². The molecule has 0 saturated heterocycles. The minimum absolute atomic E-state index is 0.692. The molecule has 0 aromatic heterocycles. The van der Waals surface area contributed by atoms with Gasteiger partial charge in [-0.05, 0) is 164 Å². The van der Waals surface area contributed by atoms with Crippen LogP contribution in [0.5, 0.6) is 0 Å². The van der Waals surface area contributed by atoms with Crippen molar-refractivity contribution in [2.24, 2.45) is 5.92 Å². The summed E-state index contributed by atoms with van der Waals surface area (Å²) in [6, 6.07) is 25.3. The predicted molar refractivity (Wildman–Crippen MR) is 198 cm³/mol. The van der Waals surface area contributed by atoms with Gasteiger partial charge < -0.3 is 0 Å². The second kappa shape index (κ2) is 11.1. The van der Waals surface area contributed by atoms with E-state index in [1.165, 1.54) is 101 Å². The SMILES string of the molecule is C/C=C1/C=C(c2c3c(c(C4=CC=C(C5=c6cccc7c6=C(CC5)c5ccccc5-7)CC4)c4ccccc24)=CCCC=3)CCC1CC. The smallest absolute Gasteiger partial charge is 0.00639 e. The number of fused-ring (bicyclic) bond motifs is 5. The Morgan fingerprint density at radius 2 is 1.28 bits per heavy atom. The van der Waals surface area contributed by atoms with Crippen molar-refractivity contribution in [3.63, 3.8) is 0 Å². The Balaban J connectivity index is 1.21. The third-order valence-electron chi connectivity index (χ3n) is 11.6. The molecule has 1 atom stereocenters. The van der Waals surface area contributed by atoms with Crippen LogP contribution >= 0.6 is 0 Å². The first kappa shape index (κ1) is 27.9. The Labute approximate surface area is 272 Å². The molecular formula is C46H42. The molecule has 0 amide bonds. The lowest BCUT2D eigenvalue weighted by atomic mass is 9.77. The van der Waals surface area contributed by atoms with Crippen molar-refractivity contribution in [2.75, 3.05) is 0 Å². The summed E-state index contributed by atoms with van der Waals surface area (Å²) in [4.78, 5) is 0. The molecule has 0 bridgehead atoms. The molecule has 5 aliphatic rings. The second-order valence-electron chi connectivity index (χ2n) is 13.8. The van der Waals surface area contributed by atoms with Crippen LogP contribution in [0.2, 0.25) is 0 Å². The second-order valence-corrected chi connectivity index (χ2v) is 13.8. The van der Waals surface area contributed by atoms with E-state index in [1.54, 1.807) is 11.1 Å². The average molecular weight is 595 g/mol. The summed E-state index contributed by atoms with van der Waals surface area (Å²) in [6.07, 6.45) is 25.3. The monoisotopic (exact) mass is 594 g/mol. The van der Waals surface area contributed by atoms with Gasteiger partial charge in [0.05, 0.1) is 0 Å². The molecule has 0 radical (unpaired) electrons. The molecule has 9 rings (SSSR count). The first-order valence-corrected chi connectivity index (χ1v) is 17.7. The summed E-state index contributed by atoms with van der Waals surface area (Å²) in [5.41, 5.74) is 16.5. The van der Waals surface area contributed by atoms with Crippen LogP contribution in [-0.4, -0.2) is 0 Å². The maximum Gasteiger partial charge on any atom is -0.00639 e. The lowest BCUT2D eigenvalue weighted by molar-refractivity contribution is 0.550. The molecule has 5 aliphatic carbocycles. The fraction of sp³-hybridized carbons (Fsp3) is 0.261. The van der Waals surface area contributed by atoms with Crippen molar-refractivity contribution in [2.45, 2.75) is 71.6 Å². The standard InChI is InChI=1S/C46H42/c1-3-29-20-25-33(28-30(29)4-2)45-41-16-9-7-14-39(41)44(40-15-8-10-17-42(40)45)32-23-21-31(22-24-32)34-26-27-43-36-13-6-5-12-35(36)38-19-11-18-37(34)46(38)43/h4-7,9,11-19,21,23,28-29H,3,8,10,20,22,24-27H2,1-2H3/b30-4-. The van der Waals surface area contributed by atoms with Gasteiger partial charge in [0.15, 0.2) is 0 Å². The zero-order chi connectivity index (χ0) is 30.8. The van der Waals surface area contributed by atoms with E-state index < -0.39 is 0 Å². The lowest BCUT2D eigenvalue weighted by Crippen LogP contribution is -2.35. The number of allylic oxidation sites excluding steroid dienone is 8. The highest BCUT2D eigenvalue weighted by atomic mass is 14.3. The average Bonchev–Trinajstić information content (AvgIpc) is 3.45. The molecule has 0 fully saturated rings. The molecule has 0 N–H and O–H groups in total. The van der Waals surface area contributed by atoms with Crippen LogP contribution in [0, 0.1) is 5.92 Å². The van der Waals surface area contributed by atoms with Crippen molar-refractivity contribution in [3.05, 3.63) is 140 Å². The number of hydrogen-bond acceptors (Lipinski definition) is 0. The third-order valence-corrected chi connectivity index (χ3v) is 11.6. The predicted octanol–water partition coefficient (Wildman–Crippen LogP) is 9.27. The maximum absolute atomic E-state index is 2.55. The van der Waals surface area contributed by atoms with E-state index in [-0.39, 0.29) is 0 Å². The molecule has 4 aromatic carbocycles. The molecule has 1 unspecified atom stereocenters. The minimum atomic E-state index is 0.692. The van der Waals surface area contributed by atoms with Crippen molar-refractivity contribution >= 4 is 45.2 Å². The Bertz CT molecular complexity index is 2350. The van der Waals surface area contributed by atoms with Crippen molar-refractivity contribution < 1.29 is 0 Å². The van der Waals surface area contributed by atoms with Gasteiger partial charge in [-0.3, -0.25) is 0 Å². The molecule has 0 heterocycles. The van der Waals surface area contributed by atoms with Crippen LogP contribution in [0.15, 0.2) is 102 Å². The zero-order valence-electron chi connectivity index (χ0n) is 27.3. The van der Waals surface area contributed by atoms with Gasteiger partial charge >= 0.3 is 0 Å². The highest BCUT2D eigenvalue weighted by Gasteiger charge is 2.26. The van der Waals surface area contributed by atoms with Crippen LogP contribution in [0.4, 0.5) is 0 Å². The van der Waals surface area contributed by atoms with E-state index in [4.69, 9.17) is 0 Å². The summed E-state index contributed by atoms with van der Waals surface area (Å²) in [6.45, 7) is 4.56. The van der Waals surface area contributed by atoms with E-state index in [9.17, 15) is 0 Å². The Morgan fingerprint density at radius 1 is 0.630 bits per heavy atom. The molecule has 226 valence electrons. The quantitative estimate of drug-likeness (QED) is 0.221. The molecular weight excluding hydrogens is 553 g/mol. The van der Waals surface area contributed by atoms with Gasteiger partial charge in [-0.1, -0.05) is 110 Å². The fourth-order valence-electron chi connectivity index (χ4n) is 9.44. The molecule has 0 saturated carbocycles. The molecule has 46 heavy (non-hydrogen) atoms. The largest absolute Gasteiger partial charge is 0.0841 e. The molecule has 0 heteroatoms. The van der Waals surface area contributed by atoms with E-state index >= 15 is 0 Å². The van der Waals surface area contributed by atoms with Crippen molar-refractivity contribution in [3.8, 4) is 11.1 Å². The third kappa shape index (κ3) is 4.19. The Morgan fingerprint density at radius 3 is 2.00 bits per heavy atom. The van der Waals surface area contributed by atoms with E-state index in [0.717, 1.165) is 38.5 Å². The first-order chi connectivity index (χ1) is 22.7. The Kier molecular flexibility index (Phi) is 6.74. The van der Waals surface area contributed by atoms with Gasteiger partial charge in [0, 0.05) is 0 Å². The number of benzene rings is 4. The normalized spacial score (nSPS) is 20.7. The van der Waals surface area contributed by atoms with E-state index in [0.29, 0.717) is 5.92 Å². The zero-order valence-corrected chi connectivity index (χ0v) is 27.3. The summed E-state index contributed by atoms with van der Waals surface area (Å²) in [5, 5.41) is 8.79. The highest BCUT2D eigenvalue weighted by Crippen LogP contribution is 2.41. The Hall–Kier alpha value is -4.42. The van der Waals surface area contributed by atoms with Gasteiger partial charge in [0.2, 0.25) is 0 Å². The van der Waals surface area contributed by atoms with Gasteiger partial charge in [0.25, 0.3) is 0 Å². The summed E-state index contributed by atoms with van der Waals surface area (Å²) in [5.74, 6) is 0.692.